The third-order valence-electron chi connectivity index (χ3n) is 5.24. The smallest absolute Gasteiger partial charge is 0.343 e. The summed E-state index contributed by atoms with van der Waals surface area (Å²) < 4.78 is 11.1. The molecule has 2 unspecified atom stereocenters. The number of esters is 2. The maximum Gasteiger partial charge on any atom is 0.343 e. The third kappa shape index (κ3) is 10.4. The quantitative estimate of drug-likeness (QED) is 0.159. The molecule has 0 bridgehead atoms. The molecule has 0 aromatic heterocycles. The molecule has 0 saturated carbocycles. The van der Waals surface area contributed by atoms with E-state index in [9.17, 15) is 19.8 Å². The molecule has 2 N–H and O–H groups in total. The Balaban J connectivity index is 0.000000342. The number of aliphatic hydroxyl groups excluding tert-OH is 2. The minimum absolute atomic E-state index is 0.321. The van der Waals surface area contributed by atoms with Crippen LogP contribution in [0.2, 0.25) is 0 Å². The summed E-state index contributed by atoms with van der Waals surface area (Å²) in [4.78, 5) is 24.6. The van der Waals surface area contributed by atoms with Crippen LogP contribution in [0.1, 0.15) is 78.1 Å². The highest BCUT2D eigenvalue weighted by atomic mass is 79.9. The molecule has 0 spiro atoms. The zero-order valence-electron chi connectivity index (χ0n) is 19.4. The molecule has 192 valence electrons. The molecule has 0 radical (unpaired) electrons. The van der Waals surface area contributed by atoms with Crippen LogP contribution in [-0.2, 0) is 19.1 Å². The van der Waals surface area contributed by atoms with Gasteiger partial charge in [-0.3, -0.25) is 0 Å². The van der Waals surface area contributed by atoms with Crippen molar-refractivity contribution in [2.24, 2.45) is 0 Å². The van der Waals surface area contributed by atoms with Gasteiger partial charge >= 0.3 is 11.9 Å². The van der Waals surface area contributed by atoms with Crippen molar-refractivity contribution in [1.29, 1.82) is 0 Å². The highest BCUT2D eigenvalue weighted by molar-refractivity contribution is 9.28. The van der Waals surface area contributed by atoms with E-state index >= 15 is 0 Å². The van der Waals surface area contributed by atoms with Crippen LogP contribution in [0.5, 0.6) is 0 Å². The summed E-state index contributed by atoms with van der Waals surface area (Å²) in [5.74, 6) is -0.0985. The summed E-state index contributed by atoms with van der Waals surface area (Å²) >= 11 is 12.7. The van der Waals surface area contributed by atoms with Crippen molar-refractivity contribution < 1.29 is 29.3 Å². The molecular formula is C24H32Br4O6. The maximum atomic E-state index is 11.5. The summed E-state index contributed by atoms with van der Waals surface area (Å²) in [6.07, 6.45) is 9.98. The van der Waals surface area contributed by atoms with Gasteiger partial charge in [0.15, 0.2) is 11.5 Å². The zero-order valence-corrected chi connectivity index (χ0v) is 25.8. The monoisotopic (exact) mass is 732 g/mol. The second-order valence-electron chi connectivity index (χ2n) is 7.93. The topological polar surface area (TPSA) is 93.1 Å². The van der Waals surface area contributed by atoms with Crippen LogP contribution < -0.4 is 0 Å². The molecule has 34 heavy (non-hydrogen) atoms. The van der Waals surface area contributed by atoms with Crippen LogP contribution in [0.25, 0.3) is 0 Å². The van der Waals surface area contributed by atoms with Gasteiger partial charge < -0.3 is 19.7 Å². The van der Waals surface area contributed by atoms with Gasteiger partial charge in [0.2, 0.25) is 0 Å². The predicted octanol–water partition coefficient (Wildman–Crippen LogP) is 7.52. The number of halogens is 4. The van der Waals surface area contributed by atoms with E-state index in [4.69, 9.17) is 9.47 Å². The Morgan fingerprint density at radius 2 is 1.47 bits per heavy atom. The summed E-state index contributed by atoms with van der Waals surface area (Å²) in [6.45, 7) is 4.26. The van der Waals surface area contributed by atoms with Crippen LogP contribution in [0.3, 0.4) is 0 Å². The second-order valence-corrected chi connectivity index (χ2v) is 11.8. The van der Waals surface area contributed by atoms with E-state index in [1.165, 1.54) is 24.2 Å². The molecule has 2 rings (SSSR count). The Morgan fingerprint density at radius 1 is 0.912 bits per heavy atom. The largest absolute Gasteiger partial charge is 0.421 e. The van der Waals surface area contributed by atoms with Crippen molar-refractivity contribution in [1.82, 2.24) is 0 Å². The molecule has 2 aliphatic heterocycles. The highest BCUT2D eigenvalue weighted by Crippen LogP contribution is 2.34. The molecule has 0 aliphatic carbocycles. The maximum absolute atomic E-state index is 11.5. The fraction of sp³-hybridized carbons (Fsp3) is 0.583. The molecule has 2 aliphatic rings. The van der Waals surface area contributed by atoms with Crippen molar-refractivity contribution in [3.8, 4) is 0 Å². The number of allylic oxidation sites excluding steroid dienone is 2. The standard InChI is InChI=1S/C13H18Br2O3.C11H14Br2O3/c1-2-3-4-5-6-7-10(16)9-8-11(12(14)15)18-13(9)17;1-2-3-4-5-7(14)9-10(13)8(6-12)16-11(9)15/h8,10,16H,2-7H2,1H3;6-7,14H,2-5H2,1H3/b;8-6-. The number of ether oxygens (including phenoxy) is 2. The lowest BCUT2D eigenvalue weighted by molar-refractivity contribution is -0.135. The summed E-state index contributed by atoms with van der Waals surface area (Å²) in [5, 5.41) is 19.9. The molecule has 0 aromatic rings. The Bertz CT molecular complexity index is 827. The first kappa shape index (κ1) is 31.8. The van der Waals surface area contributed by atoms with E-state index in [1.54, 1.807) is 6.08 Å². The van der Waals surface area contributed by atoms with Crippen molar-refractivity contribution >= 4 is 75.7 Å². The van der Waals surface area contributed by atoms with Crippen LogP contribution in [0.4, 0.5) is 0 Å². The van der Waals surface area contributed by atoms with Crippen LogP contribution >= 0.6 is 63.7 Å². The number of carbonyl (C=O) groups excluding carboxylic acids is 2. The fourth-order valence-electron chi connectivity index (χ4n) is 3.32. The van der Waals surface area contributed by atoms with Crippen molar-refractivity contribution in [2.75, 3.05) is 0 Å². The van der Waals surface area contributed by atoms with Gasteiger partial charge in [-0.05, 0) is 66.7 Å². The van der Waals surface area contributed by atoms with Gasteiger partial charge in [-0.25, -0.2) is 9.59 Å². The van der Waals surface area contributed by atoms with Gasteiger partial charge in [0, 0.05) is 4.99 Å². The number of rotatable bonds is 12. The average Bonchev–Trinajstić information content (AvgIpc) is 3.33. The average molecular weight is 736 g/mol. The van der Waals surface area contributed by atoms with Gasteiger partial charge in [-0.1, -0.05) is 81.1 Å². The first-order chi connectivity index (χ1) is 16.2. The highest BCUT2D eigenvalue weighted by Gasteiger charge is 2.32. The van der Waals surface area contributed by atoms with E-state index in [0.29, 0.717) is 43.4 Å². The van der Waals surface area contributed by atoms with Gasteiger partial charge in [-0.15, -0.1) is 0 Å². The molecule has 10 heteroatoms. The molecule has 0 aromatic carbocycles. The minimum Gasteiger partial charge on any atom is -0.421 e. The van der Waals surface area contributed by atoms with Crippen molar-refractivity contribution in [3.05, 3.63) is 41.6 Å². The molecule has 6 nitrogen and oxygen atoms in total. The predicted molar refractivity (Wildman–Crippen MR) is 148 cm³/mol. The lowest BCUT2D eigenvalue weighted by Gasteiger charge is -2.08. The Labute approximate surface area is 235 Å². The second kappa shape index (κ2) is 17.2. The Hall–Kier alpha value is -0.260. The van der Waals surface area contributed by atoms with Crippen LogP contribution in [0.15, 0.2) is 41.6 Å². The lowest BCUT2D eigenvalue weighted by Crippen LogP contribution is -2.16. The van der Waals surface area contributed by atoms with Crippen molar-refractivity contribution in [3.63, 3.8) is 0 Å². The van der Waals surface area contributed by atoms with E-state index < -0.39 is 24.1 Å². The number of carbonyl (C=O) groups is 2. The van der Waals surface area contributed by atoms with E-state index in [-0.39, 0.29) is 0 Å². The molecule has 0 amide bonds. The lowest BCUT2D eigenvalue weighted by atomic mass is 10.0. The van der Waals surface area contributed by atoms with Gasteiger partial charge in [-0.2, -0.15) is 0 Å². The number of aliphatic hydroxyl groups is 2. The van der Waals surface area contributed by atoms with E-state index in [2.05, 4.69) is 77.6 Å². The SMILES string of the molecule is CCCCCC(O)C1=C(Br)/C(=C/Br)OC1=O.CCCCCCCC(O)C1=CC(=C(Br)Br)OC1=O. The first-order valence-corrected chi connectivity index (χ1v) is 14.7. The molecule has 2 heterocycles. The number of hydrogen-bond acceptors (Lipinski definition) is 6. The van der Waals surface area contributed by atoms with Gasteiger partial charge in [0.05, 0.1) is 27.8 Å². The third-order valence-corrected chi connectivity index (χ3v) is 7.26. The summed E-state index contributed by atoms with van der Waals surface area (Å²) in [6, 6.07) is 0. The number of hydrogen-bond donors (Lipinski definition) is 2. The zero-order chi connectivity index (χ0) is 25.7. The fourth-order valence-corrected chi connectivity index (χ4v) is 4.96. The summed E-state index contributed by atoms with van der Waals surface area (Å²) in [7, 11) is 0. The first-order valence-electron chi connectivity index (χ1n) is 11.5. The Morgan fingerprint density at radius 3 is 2.00 bits per heavy atom. The minimum atomic E-state index is -0.752. The molecule has 0 saturated heterocycles. The number of cyclic esters (lactones) is 2. The van der Waals surface area contributed by atoms with Gasteiger partial charge in [0.25, 0.3) is 0 Å². The van der Waals surface area contributed by atoms with E-state index in [1.807, 2.05) is 0 Å². The molecular weight excluding hydrogens is 704 g/mol. The summed E-state index contributed by atoms with van der Waals surface area (Å²) in [5.41, 5.74) is 0.665. The molecule has 2 atom stereocenters. The van der Waals surface area contributed by atoms with Crippen molar-refractivity contribution in [2.45, 2.75) is 90.3 Å². The van der Waals surface area contributed by atoms with Gasteiger partial charge in [0.1, 0.15) is 3.39 Å². The normalized spacial score (nSPS) is 18.4. The molecule has 0 fully saturated rings. The van der Waals surface area contributed by atoms with Crippen LogP contribution in [-0.4, -0.2) is 34.4 Å². The Kier molecular flexibility index (Phi) is 16.1. The van der Waals surface area contributed by atoms with Crippen LogP contribution in [0, 0.1) is 0 Å². The van der Waals surface area contributed by atoms with E-state index in [0.717, 1.165) is 32.1 Å². The number of unbranched alkanes of at least 4 members (excludes halogenated alkanes) is 6.